The molecule has 1 N–H and O–H groups in total. The SMILES string of the molecule is CC(=O)N(CCC(=O)Nc1ccc(C)cc1C)Cc1ccccc1C. The summed E-state index contributed by atoms with van der Waals surface area (Å²) in [6.07, 6.45) is 0.277. The van der Waals surface area contributed by atoms with Gasteiger partial charge in [0.05, 0.1) is 0 Å². The van der Waals surface area contributed by atoms with Gasteiger partial charge in [-0.25, -0.2) is 0 Å². The molecule has 2 aromatic rings. The van der Waals surface area contributed by atoms with E-state index in [1.165, 1.54) is 0 Å². The lowest BCUT2D eigenvalue weighted by Gasteiger charge is -2.22. The van der Waals surface area contributed by atoms with Crippen molar-refractivity contribution in [3.8, 4) is 0 Å². The number of carbonyl (C=O) groups is 2. The molecule has 2 amide bonds. The van der Waals surface area contributed by atoms with Gasteiger partial charge in [-0.2, -0.15) is 0 Å². The van der Waals surface area contributed by atoms with Gasteiger partial charge in [0, 0.05) is 32.1 Å². The highest BCUT2D eigenvalue weighted by Crippen LogP contribution is 2.16. The van der Waals surface area contributed by atoms with Crippen LogP contribution in [0.2, 0.25) is 0 Å². The monoisotopic (exact) mass is 338 g/mol. The van der Waals surface area contributed by atoms with Gasteiger partial charge in [-0.3, -0.25) is 9.59 Å². The Morgan fingerprint density at radius 2 is 1.72 bits per heavy atom. The van der Waals surface area contributed by atoms with Gasteiger partial charge >= 0.3 is 0 Å². The quantitative estimate of drug-likeness (QED) is 0.866. The molecule has 0 atom stereocenters. The molecule has 0 spiro atoms. The summed E-state index contributed by atoms with van der Waals surface area (Å²) in [4.78, 5) is 25.9. The number of hydrogen-bond acceptors (Lipinski definition) is 2. The van der Waals surface area contributed by atoms with Crippen LogP contribution in [0.15, 0.2) is 42.5 Å². The Bertz CT molecular complexity index is 768. The highest BCUT2D eigenvalue weighted by Gasteiger charge is 2.13. The number of carbonyl (C=O) groups excluding carboxylic acids is 2. The molecule has 0 aliphatic carbocycles. The largest absolute Gasteiger partial charge is 0.338 e. The molecule has 25 heavy (non-hydrogen) atoms. The topological polar surface area (TPSA) is 49.4 Å². The minimum Gasteiger partial charge on any atom is -0.338 e. The number of nitrogens with one attached hydrogen (secondary N) is 1. The van der Waals surface area contributed by atoms with E-state index in [4.69, 9.17) is 0 Å². The van der Waals surface area contributed by atoms with E-state index in [1.807, 2.05) is 63.2 Å². The van der Waals surface area contributed by atoms with Gasteiger partial charge in [-0.05, 0) is 43.5 Å². The summed E-state index contributed by atoms with van der Waals surface area (Å²) < 4.78 is 0. The second kappa shape index (κ2) is 8.47. The number of hydrogen-bond donors (Lipinski definition) is 1. The summed E-state index contributed by atoms with van der Waals surface area (Å²) >= 11 is 0. The van der Waals surface area contributed by atoms with Crippen LogP contribution in [0.1, 0.15) is 35.6 Å². The molecule has 0 radical (unpaired) electrons. The molecule has 0 aromatic heterocycles. The summed E-state index contributed by atoms with van der Waals surface area (Å²) in [6, 6.07) is 13.9. The van der Waals surface area contributed by atoms with E-state index in [1.54, 1.807) is 11.8 Å². The molecule has 4 nitrogen and oxygen atoms in total. The zero-order chi connectivity index (χ0) is 18.4. The van der Waals surface area contributed by atoms with Crippen molar-refractivity contribution in [3.05, 3.63) is 64.7 Å². The van der Waals surface area contributed by atoms with Crippen LogP contribution in [-0.4, -0.2) is 23.3 Å². The van der Waals surface area contributed by atoms with Gasteiger partial charge in [-0.1, -0.05) is 42.0 Å². The van der Waals surface area contributed by atoms with Crippen molar-refractivity contribution >= 4 is 17.5 Å². The number of rotatable bonds is 6. The Hall–Kier alpha value is -2.62. The fourth-order valence-corrected chi connectivity index (χ4v) is 2.74. The molecular formula is C21H26N2O2. The van der Waals surface area contributed by atoms with Crippen LogP contribution < -0.4 is 5.32 Å². The fourth-order valence-electron chi connectivity index (χ4n) is 2.74. The first kappa shape index (κ1) is 18.7. The first-order valence-corrected chi connectivity index (χ1v) is 8.54. The second-order valence-electron chi connectivity index (χ2n) is 6.48. The van der Waals surface area contributed by atoms with E-state index < -0.39 is 0 Å². The highest BCUT2D eigenvalue weighted by molar-refractivity contribution is 5.91. The lowest BCUT2D eigenvalue weighted by atomic mass is 10.1. The van der Waals surface area contributed by atoms with Crippen LogP contribution in [0.25, 0.3) is 0 Å². The van der Waals surface area contributed by atoms with E-state index in [-0.39, 0.29) is 18.2 Å². The van der Waals surface area contributed by atoms with Crippen molar-refractivity contribution in [1.29, 1.82) is 0 Å². The van der Waals surface area contributed by atoms with Crippen molar-refractivity contribution in [2.24, 2.45) is 0 Å². The van der Waals surface area contributed by atoms with Gasteiger partial charge in [0.1, 0.15) is 0 Å². The molecule has 132 valence electrons. The average molecular weight is 338 g/mol. The average Bonchev–Trinajstić information content (AvgIpc) is 2.55. The van der Waals surface area contributed by atoms with Gasteiger partial charge < -0.3 is 10.2 Å². The minimum atomic E-state index is -0.0806. The van der Waals surface area contributed by atoms with Crippen molar-refractivity contribution in [2.75, 3.05) is 11.9 Å². The molecule has 0 saturated carbocycles. The van der Waals surface area contributed by atoms with E-state index in [9.17, 15) is 9.59 Å². The third-order valence-corrected chi connectivity index (χ3v) is 4.33. The molecule has 0 aliphatic rings. The van der Waals surface area contributed by atoms with Gasteiger partial charge in [0.2, 0.25) is 11.8 Å². The summed E-state index contributed by atoms with van der Waals surface area (Å²) in [5.74, 6) is -0.106. The number of aryl methyl sites for hydroxylation is 3. The standard InChI is InChI=1S/C21H26N2O2/c1-15-9-10-20(17(3)13-15)22-21(25)11-12-23(18(4)24)14-19-8-6-5-7-16(19)2/h5-10,13H,11-12,14H2,1-4H3,(H,22,25). The number of amides is 2. The Labute approximate surface area is 149 Å². The van der Waals surface area contributed by atoms with Crippen molar-refractivity contribution in [1.82, 2.24) is 4.90 Å². The first-order chi connectivity index (χ1) is 11.9. The maximum atomic E-state index is 12.2. The van der Waals surface area contributed by atoms with Crippen molar-refractivity contribution < 1.29 is 9.59 Å². The summed E-state index contributed by atoms with van der Waals surface area (Å²) in [6.45, 7) is 8.50. The Kier molecular flexibility index (Phi) is 6.34. The Balaban J connectivity index is 1.95. The van der Waals surface area contributed by atoms with Gasteiger partial charge in [0.25, 0.3) is 0 Å². The van der Waals surface area contributed by atoms with E-state index in [0.717, 1.165) is 27.9 Å². The zero-order valence-electron chi connectivity index (χ0n) is 15.4. The number of nitrogens with zero attached hydrogens (tertiary/aromatic N) is 1. The van der Waals surface area contributed by atoms with Crippen molar-refractivity contribution in [2.45, 2.75) is 40.7 Å². The maximum Gasteiger partial charge on any atom is 0.226 e. The molecule has 0 fully saturated rings. The van der Waals surface area contributed by atoms with Crippen LogP contribution in [0.3, 0.4) is 0 Å². The minimum absolute atomic E-state index is 0.0254. The normalized spacial score (nSPS) is 10.4. The first-order valence-electron chi connectivity index (χ1n) is 8.54. The predicted molar refractivity (Wildman–Crippen MR) is 101 cm³/mol. The van der Waals surface area contributed by atoms with Crippen LogP contribution in [0.4, 0.5) is 5.69 Å². The van der Waals surface area contributed by atoms with Crippen molar-refractivity contribution in [3.63, 3.8) is 0 Å². The molecule has 0 heterocycles. The predicted octanol–water partition coefficient (Wildman–Crippen LogP) is 3.99. The Morgan fingerprint density at radius 3 is 2.36 bits per heavy atom. The molecule has 2 aromatic carbocycles. The van der Waals surface area contributed by atoms with Crippen LogP contribution in [0.5, 0.6) is 0 Å². The highest BCUT2D eigenvalue weighted by atomic mass is 16.2. The number of anilines is 1. The molecule has 0 saturated heterocycles. The zero-order valence-corrected chi connectivity index (χ0v) is 15.4. The third-order valence-electron chi connectivity index (χ3n) is 4.33. The lowest BCUT2D eigenvalue weighted by molar-refractivity contribution is -0.129. The smallest absolute Gasteiger partial charge is 0.226 e. The van der Waals surface area contributed by atoms with E-state index in [0.29, 0.717) is 13.1 Å². The van der Waals surface area contributed by atoms with Gasteiger partial charge in [-0.15, -0.1) is 0 Å². The molecule has 0 unspecified atom stereocenters. The summed E-state index contributed by atoms with van der Waals surface area (Å²) in [7, 11) is 0. The summed E-state index contributed by atoms with van der Waals surface area (Å²) in [5.41, 5.74) is 5.28. The molecule has 0 bridgehead atoms. The van der Waals surface area contributed by atoms with Crippen LogP contribution in [0, 0.1) is 20.8 Å². The summed E-state index contributed by atoms with van der Waals surface area (Å²) in [5, 5.41) is 2.93. The lowest BCUT2D eigenvalue weighted by Crippen LogP contribution is -2.31. The fraction of sp³-hybridized carbons (Fsp3) is 0.333. The van der Waals surface area contributed by atoms with E-state index in [2.05, 4.69) is 5.32 Å². The molecular weight excluding hydrogens is 312 g/mol. The molecule has 2 rings (SSSR count). The second-order valence-corrected chi connectivity index (χ2v) is 6.48. The maximum absolute atomic E-state index is 12.2. The van der Waals surface area contributed by atoms with Gasteiger partial charge in [0.15, 0.2) is 0 Å². The third kappa shape index (κ3) is 5.45. The molecule has 0 aliphatic heterocycles. The number of benzene rings is 2. The Morgan fingerprint density at radius 1 is 1.00 bits per heavy atom. The van der Waals surface area contributed by atoms with Crippen LogP contribution in [-0.2, 0) is 16.1 Å². The van der Waals surface area contributed by atoms with E-state index >= 15 is 0 Å². The van der Waals surface area contributed by atoms with Crippen LogP contribution >= 0.6 is 0 Å². The molecule has 4 heteroatoms.